The van der Waals surface area contributed by atoms with Gasteiger partial charge in [-0.15, -0.1) is 11.8 Å². The minimum Gasteiger partial charge on any atom is -0.308 e. The molecule has 5 heteroatoms. The molecular weight excluding hydrogens is 352 g/mol. The number of thioether (sulfide) groups is 1. The fraction of sp³-hybridized carbons (Fsp3) is 0.350. The Labute approximate surface area is 158 Å². The topological polar surface area (TPSA) is 32.3 Å². The molecule has 3 rings (SSSR count). The number of halogens is 1. The van der Waals surface area contributed by atoms with Crippen molar-refractivity contribution in [1.29, 1.82) is 0 Å². The maximum atomic E-state index is 12.7. The number of carbonyl (C=O) groups excluding carboxylic acids is 1. The quantitative estimate of drug-likeness (QED) is 0.709. The van der Waals surface area contributed by atoms with Gasteiger partial charge < -0.3 is 10.2 Å². The summed E-state index contributed by atoms with van der Waals surface area (Å²) in [7, 11) is 0. The van der Waals surface area contributed by atoms with Crippen LogP contribution in [0.3, 0.4) is 0 Å². The Morgan fingerprint density at radius 2 is 1.96 bits per heavy atom. The van der Waals surface area contributed by atoms with E-state index in [-0.39, 0.29) is 11.4 Å². The van der Waals surface area contributed by atoms with Crippen molar-refractivity contribution < 1.29 is 4.79 Å². The van der Waals surface area contributed by atoms with Crippen molar-refractivity contribution in [1.82, 2.24) is 4.90 Å². The maximum absolute atomic E-state index is 12.7. The van der Waals surface area contributed by atoms with Crippen molar-refractivity contribution in [3.05, 3.63) is 64.2 Å². The average Bonchev–Trinajstić information content (AvgIpc) is 3.08. The zero-order chi connectivity index (χ0) is 18.0. The number of hydrogen-bond donors (Lipinski definition) is 1. The van der Waals surface area contributed by atoms with Crippen LogP contribution in [0.25, 0.3) is 0 Å². The molecule has 0 aliphatic carbocycles. The summed E-state index contributed by atoms with van der Waals surface area (Å²) in [5, 5.41) is 3.69. The van der Waals surface area contributed by atoms with E-state index in [1.165, 1.54) is 11.1 Å². The van der Waals surface area contributed by atoms with Crippen molar-refractivity contribution in [2.24, 2.45) is 0 Å². The molecule has 0 spiro atoms. The van der Waals surface area contributed by atoms with Crippen molar-refractivity contribution in [3.8, 4) is 0 Å². The van der Waals surface area contributed by atoms with Gasteiger partial charge >= 0.3 is 6.03 Å². The lowest BCUT2D eigenvalue weighted by Crippen LogP contribution is -2.34. The highest BCUT2D eigenvalue weighted by molar-refractivity contribution is 7.99. The molecule has 0 radical (unpaired) electrons. The van der Waals surface area contributed by atoms with E-state index in [9.17, 15) is 4.79 Å². The molecule has 1 heterocycles. The van der Waals surface area contributed by atoms with Gasteiger partial charge in [0.15, 0.2) is 0 Å². The molecule has 25 heavy (non-hydrogen) atoms. The highest BCUT2D eigenvalue weighted by atomic mass is 35.5. The number of carbonyl (C=O) groups is 1. The lowest BCUT2D eigenvalue weighted by molar-refractivity contribution is 0.214. The van der Waals surface area contributed by atoms with Crippen LogP contribution in [0.5, 0.6) is 0 Å². The zero-order valence-corrected chi connectivity index (χ0v) is 16.3. The number of aryl methyl sites for hydroxylation is 1. The minimum absolute atomic E-state index is 0.0575. The molecular formula is C20H23ClN2OS. The van der Waals surface area contributed by atoms with Gasteiger partial charge in [0.05, 0.1) is 0 Å². The van der Waals surface area contributed by atoms with E-state index >= 15 is 0 Å². The number of nitrogens with zero attached hydrogens (tertiary/aromatic N) is 1. The molecule has 2 amide bonds. The molecule has 1 saturated heterocycles. The van der Waals surface area contributed by atoms with E-state index in [0.717, 1.165) is 23.5 Å². The summed E-state index contributed by atoms with van der Waals surface area (Å²) >= 11 is 7.95. The highest BCUT2D eigenvalue weighted by Gasteiger charge is 2.30. The molecule has 1 atom stereocenters. The van der Waals surface area contributed by atoms with Gasteiger partial charge in [-0.05, 0) is 41.7 Å². The number of urea groups is 1. The van der Waals surface area contributed by atoms with Crippen molar-refractivity contribution >= 4 is 35.1 Å². The Kier molecular flexibility index (Phi) is 5.60. The summed E-state index contributed by atoms with van der Waals surface area (Å²) < 4.78 is 0. The molecule has 0 unspecified atom stereocenters. The van der Waals surface area contributed by atoms with E-state index < -0.39 is 0 Å². The Hall–Kier alpha value is -1.65. The summed E-state index contributed by atoms with van der Waals surface area (Å²) in [6.45, 7) is 7.06. The molecule has 1 fully saturated rings. The summed E-state index contributed by atoms with van der Waals surface area (Å²) in [5.74, 6) is 1.45. The number of hydrogen-bond acceptors (Lipinski definition) is 2. The Morgan fingerprint density at radius 3 is 2.60 bits per heavy atom. The van der Waals surface area contributed by atoms with Crippen LogP contribution in [0.1, 0.15) is 41.8 Å². The summed E-state index contributed by atoms with van der Waals surface area (Å²) in [6, 6.07) is 14.1. The maximum Gasteiger partial charge on any atom is 0.323 e. The van der Waals surface area contributed by atoms with Crippen LogP contribution in [0.4, 0.5) is 10.5 Å². The molecule has 1 N–H and O–H groups in total. The Balaban J connectivity index is 1.74. The molecule has 3 nitrogen and oxygen atoms in total. The zero-order valence-electron chi connectivity index (χ0n) is 14.8. The van der Waals surface area contributed by atoms with E-state index in [1.807, 2.05) is 24.0 Å². The van der Waals surface area contributed by atoms with Crippen molar-refractivity contribution in [3.63, 3.8) is 0 Å². The number of rotatable bonds is 3. The Bertz CT molecular complexity index is 761. The Morgan fingerprint density at radius 1 is 1.24 bits per heavy atom. The summed E-state index contributed by atoms with van der Waals surface area (Å²) in [6.07, 6.45) is 0. The predicted molar refractivity (Wildman–Crippen MR) is 108 cm³/mol. The first kappa shape index (κ1) is 18.2. The van der Waals surface area contributed by atoms with Gasteiger partial charge in [0.1, 0.15) is 5.37 Å². The normalized spacial score (nSPS) is 17.2. The largest absolute Gasteiger partial charge is 0.323 e. The second-order valence-electron chi connectivity index (χ2n) is 6.63. The SMILES string of the molecule is Cc1ccc(NC(=O)N2CCS[C@H]2c2ccc(C(C)C)cc2)cc1Cl. The molecule has 0 aromatic heterocycles. The smallest absolute Gasteiger partial charge is 0.308 e. The van der Waals surface area contributed by atoms with Crippen LogP contribution in [0, 0.1) is 6.92 Å². The number of nitrogens with one attached hydrogen (secondary N) is 1. The standard InChI is InChI=1S/C20H23ClN2OS/c1-13(2)15-5-7-16(8-6-15)19-23(10-11-25-19)20(24)22-17-9-4-14(3)18(21)12-17/h4-9,12-13,19H,10-11H2,1-3H3,(H,22,24)/t19-/m0/s1. The van der Waals surface area contributed by atoms with Gasteiger partial charge in [0.2, 0.25) is 0 Å². The average molecular weight is 375 g/mol. The molecule has 1 aliphatic heterocycles. The first-order valence-corrected chi connectivity index (χ1v) is 9.93. The third-order valence-electron chi connectivity index (χ3n) is 4.46. The molecule has 0 bridgehead atoms. The molecule has 2 aromatic carbocycles. The van der Waals surface area contributed by atoms with Crippen LogP contribution in [-0.4, -0.2) is 23.2 Å². The van der Waals surface area contributed by atoms with Crippen LogP contribution in [0.15, 0.2) is 42.5 Å². The third kappa shape index (κ3) is 4.13. The lowest BCUT2D eigenvalue weighted by atomic mass is 10.0. The number of benzene rings is 2. The molecule has 1 aliphatic rings. The van der Waals surface area contributed by atoms with Gasteiger partial charge in [0.25, 0.3) is 0 Å². The monoisotopic (exact) mass is 374 g/mol. The van der Waals surface area contributed by atoms with E-state index in [4.69, 9.17) is 11.6 Å². The van der Waals surface area contributed by atoms with Gasteiger partial charge in [-0.1, -0.05) is 55.8 Å². The van der Waals surface area contributed by atoms with E-state index in [0.29, 0.717) is 10.9 Å². The van der Waals surface area contributed by atoms with Gasteiger partial charge in [-0.2, -0.15) is 0 Å². The molecule has 2 aromatic rings. The molecule has 132 valence electrons. The first-order valence-electron chi connectivity index (χ1n) is 8.51. The minimum atomic E-state index is -0.0807. The fourth-order valence-electron chi connectivity index (χ4n) is 2.87. The second kappa shape index (κ2) is 7.71. The number of amides is 2. The summed E-state index contributed by atoms with van der Waals surface area (Å²) in [5.41, 5.74) is 4.21. The highest BCUT2D eigenvalue weighted by Crippen LogP contribution is 2.38. The second-order valence-corrected chi connectivity index (χ2v) is 8.23. The number of anilines is 1. The van der Waals surface area contributed by atoms with E-state index in [1.54, 1.807) is 17.8 Å². The van der Waals surface area contributed by atoms with Crippen LogP contribution >= 0.6 is 23.4 Å². The summed E-state index contributed by atoms with van der Waals surface area (Å²) in [4.78, 5) is 14.6. The first-order chi connectivity index (χ1) is 12.0. The van der Waals surface area contributed by atoms with Crippen LogP contribution in [-0.2, 0) is 0 Å². The van der Waals surface area contributed by atoms with Gasteiger partial charge in [-0.25, -0.2) is 4.79 Å². The van der Waals surface area contributed by atoms with Crippen molar-refractivity contribution in [2.45, 2.75) is 32.1 Å². The lowest BCUT2D eigenvalue weighted by Gasteiger charge is -2.25. The van der Waals surface area contributed by atoms with Crippen LogP contribution < -0.4 is 5.32 Å². The van der Waals surface area contributed by atoms with Crippen LogP contribution in [0.2, 0.25) is 5.02 Å². The van der Waals surface area contributed by atoms with Crippen molar-refractivity contribution in [2.75, 3.05) is 17.6 Å². The van der Waals surface area contributed by atoms with Gasteiger partial charge in [-0.3, -0.25) is 0 Å². The fourth-order valence-corrected chi connectivity index (χ4v) is 4.30. The van der Waals surface area contributed by atoms with Gasteiger partial charge in [0, 0.05) is 23.0 Å². The molecule has 0 saturated carbocycles. The third-order valence-corrected chi connectivity index (χ3v) is 6.13. The van der Waals surface area contributed by atoms with E-state index in [2.05, 4.69) is 43.4 Å². The predicted octanol–water partition coefficient (Wildman–Crippen LogP) is 6.05.